The van der Waals surface area contributed by atoms with Gasteiger partial charge in [0.05, 0.1) is 30.9 Å². The van der Waals surface area contributed by atoms with Crippen molar-refractivity contribution in [3.63, 3.8) is 0 Å². The van der Waals surface area contributed by atoms with Crippen LogP contribution < -0.4 is 5.32 Å². The summed E-state index contributed by atoms with van der Waals surface area (Å²) in [6.45, 7) is 9.14. The minimum absolute atomic E-state index is 0.0204. The van der Waals surface area contributed by atoms with Crippen LogP contribution in [0.3, 0.4) is 0 Å². The zero-order valence-corrected chi connectivity index (χ0v) is 19.5. The molecular weight excluding hydrogens is 437 g/mol. The van der Waals surface area contributed by atoms with Crippen molar-refractivity contribution in [2.75, 3.05) is 32.8 Å². The van der Waals surface area contributed by atoms with Crippen LogP contribution in [0.25, 0.3) is 0 Å². The average molecular weight is 466 g/mol. The van der Waals surface area contributed by atoms with Crippen LogP contribution in [-0.2, 0) is 9.47 Å². The number of esters is 1. The molecular formula is C23H29ClFN3O4. The quantitative estimate of drug-likeness (QED) is 0.608. The summed E-state index contributed by atoms with van der Waals surface area (Å²) >= 11 is 6.36. The van der Waals surface area contributed by atoms with E-state index in [-0.39, 0.29) is 30.9 Å². The monoisotopic (exact) mass is 465 g/mol. The summed E-state index contributed by atoms with van der Waals surface area (Å²) in [5, 5.41) is 3.19. The van der Waals surface area contributed by atoms with Crippen molar-refractivity contribution in [1.29, 1.82) is 0 Å². The van der Waals surface area contributed by atoms with Crippen molar-refractivity contribution in [3.8, 4) is 0 Å². The second-order valence-corrected chi connectivity index (χ2v) is 8.29. The number of aromatic nitrogens is 1. The van der Waals surface area contributed by atoms with Crippen LogP contribution in [-0.4, -0.2) is 60.7 Å². The average Bonchev–Trinajstić information content (AvgIpc) is 3.04. The Bertz CT molecular complexity index is 974. The Labute approximate surface area is 192 Å². The number of amides is 1. The summed E-state index contributed by atoms with van der Waals surface area (Å²) in [4.78, 5) is 30.3. The van der Waals surface area contributed by atoms with Gasteiger partial charge in [-0.3, -0.25) is 9.69 Å². The lowest BCUT2D eigenvalue weighted by atomic mass is 10.0. The number of morpholine rings is 1. The lowest BCUT2D eigenvalue weighted by molar-refractivity contribution is -0.0346. The number of benzene rings is 1. The van der Waals surface area contributed by atoms with E-state index < -0.39 is 17.8 Å². The highest BCUT2D eigenvalue weighted by atomic mass is 35.5. The predicted octanol–water partition coefficient (Wildman–Crippen LogP) is 3.79. The van der Waals surface area contributed by atoms with Crippen LogP contribution in [0.15, 0.2) is 18.2 Å². The number of aryl methyl sites for hydroxylation is 1. The van der Waals surface area contributed by atoms with Crippen molar-refractivity contribution >= 4 is 23.5 Å². The zero-order valence-electron chi connectivity index (χ0n) is 18.8. The van der Waals surface area contributed by atoms with Gasteiger partial charge < -0.3 is 19.8 Å². The van der Waals surface area contributed by atoms with Crippen LogP contribution in [0.4, 0.5) is 4.39 Å². The van der Waals surface area contributed by atoms with Crippen LogP contribution in [0.5, 0.6) is 0 Å². The molecule has 0 aliphatic carbocycles. The van der Waals surface area contributed by atoms with Crippen molar-refractivity contribution < 1.29 is 23.5 Å². The molecule has 0 bridgehead atoms. The second kappa shape index (κ2) is 10.5. The molecule has 3 rings (SSSR count). The summed E-state index contributed by atoms with van der Waals surface area (Å²) < 4.78 is 25.5. The Morgan fingerprint density at radius 3 is 2.81 bits per heavy atom. The highest BCUT2D eigenvalue weighted by Crippen LogP contribution is 2.31. The van der Waals surface area contributed by atoms with E-state index >= 15 is 0 Å². The number of hydrogen-bond donors (Lipinski definition) is 2. The lowest BCUT2D eigenvalue weighted by Crippen LogP contribution is -2.47. The SMILES string of the molecule is CCOC(=O)c1c(C)[nH]c(C(=O)NCC(c2c(F)cccc2Cl)N2CCOC(C)C2)c1C. The van der Waals surface area contributed by atoms with Crippen molar-refractivity contribution in [1.82, 2.24) is 15.2 Å². The first-order valence-corrected chi connectivity index (χ1v) is 11.1. The molecule has 1 fully saturated rings. The highest BCUT2D eigenvalue weighted by molar-refractivity contribution is 6.31. The van der Waals surface area contributed by atoms with Crippen LogP contribution in [0.2, 0.25) is 5.02 Å². The predicted molar refractivity (Wildman–Crippen MR) is 120 cm³/mol. The summed E-state index contributed by atoms with van der Waals surface area (Å²) in [5.74, 6) is -1.29. The normalized spacial score (nSPS) is 17.8. The van der Waals surface area contributed by atoms with Crippen molar-refractivity contribution in [3.05, 3.63) is 57.1 Å². The van der Waals surface area contributed by atoms with E-state index in [0.717, 1.165) is 0 Å². The number of carbonyl (C=O) groups is 2. The molecule has 0 spiro atoms. The third-order valence-electron chi connectivity index (χ3n) is 5.65. The molecule has 1 amide bonds. The number of rotatable bonds is 7. The molecule has 0 radical (unpaired) electrons. The molecule has 7 nitrogen and oxygen atoms in total. The van der Waals surface area contributed by atoms with Crippen LogP contribution >= 0.6 is 11.6 Å². The maximum absolute atomic E-state index is 14.8. The number of nitrogens with zero attached hydrogens (tertiary/aromatic N) is 1. The van der Waals surface area contributed by atoms with E-state index in [1.54, 1.807) is 32.9 Å². The van der Waals surface area contributed by atoms with Gasteiger partial charge in [0.25, 0.3) is 5.91 Å². The Balaban J connectivity index is 1.84. The molecule has 9 heteroatoms. The summed E-state index contributed by atoms with van der Waals surface area (Å²) in [6.07, 6.45) is -0.0204. The van der Waals surface area contributed by atoms with Crippen molar-refractivity contribution in [2.45, 2.75) is 39.8 Å². The smallest absolute Gasteiger partial charge is 0.340 e. The van der Waals surface area contributed by atoms with Crippen LogP contribution in [0, 0.1) is 19.7 Å². The Kier molecular flexibility index (Phi) is 7.92. The Hall–Kier alpha value is -2.42. The van der Waals surface area contributed by atoms with E-state index in [4.69, 9.17) is 21.1 Å². The molecule has 2 heterocycles. The molecule has 32 heavy (non-hydrogen) atoms. The Morgan fingerprint density at radius 2 is 2.16 bits per heavy atom. The van der Waals surface area contributed by atoms with Gasteiger partial charge in [-0.2, -0.15) is 0 Å². The second-order valence-electron chi connectivity index (χ2n) is 7.88. The van der Waals surface area contributed by atoms with Gasteiger partial charge in [0.2, 0.25) is 0 Å². The summed E-state index contributed by atoms with van der Waals surface area (Å²) in [7, 11) is 0. The van der Waals surface area contributed by atoms with E-state index in [1.807, 2.05) is 6.92 Å². The number of H-pyrrole nitrogens is 1. The molecule has 174 valence electrons. The molecule has 2 aromatic rings. The van der Waals surface area contributed by atoms with Crippen LogP contribution in [0.1, 0.15) is 57.6 Å². The van der Waals surface area contributed by atoms with Crippen molar-refractivity contribution in [2.24, 2.45) is 0 Å². The fraction of sp³-hybridized carbons (Fsp3) is 0.478. The fourth-order valence-electron chi connectivity index (χ4n) is 4.14. The van der Waals surface area contributed by atoms with Gasteiger partial charge >= 0.3 is 5.97 Å². The number of ether oxygens (including phenoxy) is 2. The first kappa shape index (κ1) is 24.2. The summed E-state index contributed by atoms with van der Waals surface area (Å²) in [6, 6.07) is 4.09. The molecule has 2 unspecified atom stereocenters. The van der Waals surface area contributed by atoms with E-state index in [9.17, 15) is 14.0 Å². The number of halogens is 2. The van der Waals surface area contributed by atoms with Gasteiger partial charge in [-0.05, 0) is 45.4 Å². The minimum atomic E-state index is -0.476. The number of aromatic amines is 1. The largest absolute Gasteiger partial charge is 0.462 e. The number of carbonyl (C=O) groups excluding carboxylic acids is 2. The van der Waals surface area contributed by atoms with Gasteiger partial charge in [-0.15, -0.1) is 0 Å². The Morgan fingerprint density at radius 1 is 1.41 bits per heavy atom. The minimum Gasteiger partial charge on any atom is -0.462 e. The van der Waals surface area contributed by atoms with Gasteiger partial charge in [0, 0.05) is 35.9 Å². The van der Waals surface area contributed by atoms with Gasteiger partial charge in [-0.25, -0.2) is 9.18 Å². The molecule has 1 aromatic carbocycles. The van der Waals surface area contributed by atoms with E-state index in [2.05, 4.69) is 15.2 Å². The van der Waals surface area contributed by atoms with Gasteiger partial charge in [-0.1, -0.05) is 17.7 Å². The lowest BCUT2D eigenvalue weighted by Gasteiger charge is -2.38. The molecule has 0 saturated carbocycles. The molecule has 1 saturated heterocycles. The third-order valence-corrected chi connectivity index (χ3v) is 5.98. The first-order valence-electron chi connectivity index (χ1n) is 10.7. The zero-order chi connectivity index (χ0) is 23.4. The molecule has 2 N–H and O–H groups in total. The van der Waals surface area contributed by atoms with Gasteiger partial charge in [0.1, 0.15) is 11.5 Å². The van der Waals surface area contributed by atoms with E-state index in [1.165, 1.54) is 6.07 Å². The van der Waals surface area contributed by atoms with E-state index in [0.29, 0.717) is 47.1 Å². The molecule has 2 atom stereocenters. The van der Waals surface area contributed by atoms with Gasteiger partial charge in [0.15, 0.2) is 0 Å². The maximum atomic E-state index is 14.8. The summed E-state index contributed by atoms with van der Waals surface area (Å²) in [5.41, 5.74) is 2.04. The third kappa shape index (κ3) is 5.14. The molecule has 1 aliphatic heterocycles. The molecule has 1 aromatic heterocycles. The first-order chi connectivity index (χ1) is 15.2. The topological polar surface area (TPSA) is 83.7 Å². The fourth-order valence-corrected chi connectivity index (χ4v) is 4.42. The standard InChI is InChI=1S/C23H29ClFN3O4/c1-5-31-23(30)19-14(3)21(27-15(19)4)22(29)26-11-18(28-9-10-32-13(2)12-28)20-16(24)7-6-8-17(20)25/h6-8,13,18,27H,5,9-12H2,1-4H3,(H,26,29). The highest BCUT2D eigenvalue weighted by Gasteiger charge is 2.30. The number of hydrogen-bond acceptors (Lipinski definition) is 5. The number of nitrogens with one attached hydrogen (secondary N) is 2. The molecule has 1 aliphatic rings. The maximum Gasteiger partial charge on any atom is 0.340 e.